The SMILES string of the molecule is COc1ccc(CC(NC(=O)OCC2c3ccccc3-c3ccccc32)C(=O)O)cc1COc1ccc(Cl)cc1. The molecule has 204 valence electrons. The van der Waals surface area contributed by atoms with E-state index in [2.05, 4.69) is 17.4 Å². The zero-order valence-corrected chi connectivity index (χ0v) is 22.6. The van der Waals surface area contributed by atoms with Gasteiger partial charge in [-0.25, -0.2) is 9.59 Å². The molecular weight excluding hydrogens is 530 g/mol. The van der Waals surface area contributed by atoms with E-state index >= 15 is 0 Å². The Balaban J connectivity index is 1.23. The highest BCUT2D eigenvalue weighted by Crippen LogP contribution is 2.44. The third kappa shape index (κ3) is 6.05. The van der Waals surface area contributed by atoms with Crippen LogP contribution in [0.2, 0.25) is 5.02 Å². The molecular formula is C32H28ClNO6. The molecule has 4 aromatic rings. The van der Waals surface area contributed by atoms with Crippen molar-refractivity contribution in [3.05, 3.63) is 118 Å². The van der Waals surface area contributed by atoms with Crippen molar-refractivity contribution in [2.75, 3.05) is 13.7 Å². The predicted molar refractivity (Wildman–Crippen MR) is 152 cm³/mol. The largest absolute Gasteiger partial charge is 0.496 e. The van der Waals surface area contributed by atoms with E-state index in [0.29, 0.717) is 22.1 Å². The van der Waals surface area contributed by atoms with Crippen LogP contribution >= 0.6 is 11.6 Å². The summed E-state index contributed by atoms with van der Waals surface area (Å²) in [6.07, 6.45) is -0.730. The van der Waals surface area contributed by atoms with Crippen LogP contribution in [0.25, 0.3) is 11.1 Å². The van der Waals surface area contributed by atoms with E-state index in [-0.39, 0.29) is 25.6 Å². The van der Waals surface area contributed by atoms with Gasteiger partial charge in [-0.2, -0.15) is 0 Å². The number of benzene rings is 4. The minimum absolute atomic E-state index is 0.0530. The van der Waals surface area contributed by atoms with Gasteiger partial charge >= 0.3 is 12.1 Å². The quantitative estimate of drug-likeness (QED) is 0.232. The Hall–Kier alpha value is -4.49. The lowest BCUT2D eigenvalue weighted by atomic mass is 9.98. The average molecular weight is 558 g/mol. The van der Waals surface area contributed by atoms with Gasteiger partial charge in [-0.3, -0.25) is 0 Å². The molecule has 1 amide bonds. The highest BCUT2D eigenvalue weighted by molar-refractivity contribution is 6.30. The number of carboxylic acid groups (broad SMARTS) is 1. The molecule has 0 saturated heterocycles. The number of hydrogen-bond acceptors (Lipinski definition) is 5. The van der Waals surface area contributed by atoms with Crippen molar-refractivity contribution >= 4 is 23.7 Å². The highest BCUT2D eigenvalue weighted by atomic mass is 35.5. The molecule has 0 saturated carbocycles. The lowest BCUT2D eigenvalue weighted by Crippen LogP contribution is -2.42. The molecule has 0 radical (unpaired) electrons. The van der Waals surface area contributed by atoms with Crippen molar-refractivity contribution in [2.45, 2.75) is 25.0 Å². The molecule has 1 atom stereocenters. The van der Waals surface area contributed by atoms with E-state index in [4.69, 9.17) is 25.8 Å². The second kappa shape index (κ2) is 12.1. The molecule has 0 bridgehead atoms. The summed E-state index contributed by atoms with van der Waals surface area (Å²) in [4.78, 5) is 24.8. The summed E-state index contributed by atoms with van der Waals surface area (Å²) >= 11 is 5.94. The van der Waals surface area contributed by atoms with E-state index in [9.17, 15) is 14.7 Å². The molecule has 4 aromatic carbocycles. The summed E-state index contributed by atoms with van der Waals surface area (Å²) in [5, 5.41) is 13.0. The Morgan fingerprint density at radius 1 is 0.925 bits per heavy atom. The molecule has 1 aliphatic carbocycles. The molecule has 7 nitrogen and oxygen atoms in total. The molecule has 5 rings (SSSR count). The minimum Gasteiger partial charge on any atom is -0.496 e. The molecule has 0 heterocycles. The first-order chi connectivity index (χ1) is 19.4. The molecule has 8 heteroatoms. The van der Waals surface area contributed by atoms with Gasteiger partial charge in [0.1, 0.15) is 30.8 Å². The number of halogens is 1. The van der Waals surface area contributed by atoms with Gasteiger partial charge in [0.25, 0.3) is 0 Å². The fourth-order valence-corrected chi connectivity index (χ4v) is 5.11. The number of fused-ring (bicyclic) bond motifs is 3. The Bertz CT molecular complexity index is 1470. The van der Waals surface area contributed by atoms with Crippen molar-refractivity contribution in [1.29, 1.82) is 0 Å². The van der Waals surface area contributed by atoms with Crippen LogP contribution in [0.3, 0.4) is 0 Å². The summed E-state index contributed by atoms with van der Waals surface area (Å²) < 4.78 is 16.8. The molecule has 1 aliphatic rings. The number of nitrogens with one attached hydrogen (secondary N) is 1. The Morgan fingerprint density at radius 3 is 2.20 bits per heavy atom. The van der Waals surface area contributed by atoms with E-state index in [1.807, 2.05) is 42.5 Å². The van der Waals surface area contributed by atoms with Gasteiger partial charge in [0.05, 0.1) is 7.11 Å². The summed E-state index contributed by atoms with van der Waals surface area (Å²) in [6, 6.07) is 27.2. The van der Waals surface area contributed by atoms with Crippen LogP contribution in [0, 0.1) is 0 Å². The van der Waals surface area contributed by atoms with Crippen LogP contribution in [0.4, 0.5) is 4.79 Å². The Morgan fingerprint density at radius 2 is 1.57 bits per heavy atom. The standard InChI is InChI=1S/C32H28ClNO6/c1-38-30-15-10-20(16-21(30)18-39-23-13-11-22(33)12-14-23)17-29(31(35)36)34-32(37)40-19-28-26-8-4-2-6-24(26)25-7-3-5-9-27(25)28/h2-16,28-29H,17-19H2,1H3,(H,34,37)(H,35,36). The van der Waals surface area contributed by atoms with Crippen molar-refractivity contribution in [1.82, 2.24) is 5.32 Å². The fraction of sp³-hybridized carbons (Fsp3) is 0.188. The monoisotopic (exact) mass is 557 g/mol. The van der Waals surface area contributed by atoms with Gasteiger partial charge in [0.15, 0.2) is 0 Å². The third-order valence-electron chi connectivity index (χ3n) is 6.93. The summed E-state index contributed by atoms with van der Waals surface area (Å²) in [5.41, 5.74) is 5.83. The van der Waals surface area contributed by atoms with Gasteiger partial charge in [-0.15, -0.1) is 0 Å². The molecule has 40 heavy (non-hydrogen) atoms. The number of ether oxygens (including phenoxy) is 3. The van der Waals surface area contributed by atoms with Crippen molar-refractivity contribution < 1.29 is 28.9 Å². The van der Waals surface area contributed by atoms with E-state index in [0.717, 1.165) is 27.8 Å². The normalized spacial score (nSPS) is 12.7. The van der Waals surface area contributed by atoms with Gasteiger partial charge in [0.2, 0.25) is 0 Å². The first-order valence-electron chi connectivity index (χ1n) is 12.8. The van der Waals surface area contributed by atoms with Gasteiger partial charge in [-0.05, 0) is 64.2 Å². The average Bonchev–Trinajstić information content (AvgIpc) is 3.29. The number of carbonyl (C=O) groups is 2. The molecule has 0 aliphatic heterocycles. The number of alkyl carbamates (subject to hydrolysis) is 1. The first kappa shape index (κ1) is 27.1. The Kier molecular flexibility index (Phi) is 8.22. The van der Waals surface area contributed by atoms with Crippen LogP contribution < -0.4 is 14.8 Å². The number of amides is 1. The number of rotatable bonds is 10. The van der Waals surface area contributed by atoms with Crippen molar-refractivity contribution in [3.63, 3.8) is 0 Å². The van der Waals surface area contributed by atoms with Crippen LogP contribution in [-0.4, -0.2) is 36.9 Å². The lowest BCUT2D eigenvalue weighted by molar-refractivity contribution is -0.139. The summed E-state index contributed by atoms with van der Waals surface area (Å²) in [6.45, 7) is 0.303. The third-order valence-corrected chi connectivity index (χ3v) is 7.18. The number of carboxylic acids is 1. The van der Waals surface area contributed by atoms with Crippen molar-refractivity contribution in [2.24, 2.45) is 0 Å². The molecule has 0 aromatic heterocycles. The lowest BCUT2D eigenvalue weighted by Gasteiger charge is -2.18. The molecule has 2 N–H and O–H groups in total. The van der Waals surface area contributed by atoms with Gasteiger partial charge < -0.3 is 24.6 Å². The van der Waals surface area contributed by atoms with E-state index < -0.39 is 18.1 Å². The van der Waals surface area contributed by atoms with E-state index in [1.165, 1.54) is 0 Å². The number of carbonyl (C=O) groups excluding carboxylic acids is 1. The fourth-order valence-electron chi connectivity index (χ4n) is 4.98. The van der Waals surface area contributed by atoms with Crippen LogP contribution in [0.15, 0.2) is 91.0 Å². The number of hydrogen-bond donors (Lipinski definition) is 2. The van der Waals surface area contributed by atoms with Crippen LogP contribution in [0.5, 0.6) is 11.5 Å². The van der Waals surface area contributed by atoms with Crippen LogP contribution in [-0.2, 0) is 22.6 Å². The number of methoxy groups -OCH3 is 1. The Labute approximate surface area is 237 Å². The van der Waals surface area contributed by atoms with Gasteiger partial charge in [-0.1, -0.05) is 66.2 Å². The molecule has 0 spiro atoms. The summed E-state index contributed by atoms with van der Waals surface area (Å²) in [7, 11) is 1.56. The maximum absolute atomic E-state index is 12.7. The van der Waals surface area contributed by atoms with Crippen molar-refractivity contribution in [3.8, 4) is 22.6 Å². The van der Waals surface area contributed by atoms with Gasteiger partial charge in [0, 0.05) is 22.9 Å². The smallest absolute Gasteiger partial charge is 0.407 e. The molecule has 0 fully saturated rings. The zero-order chi connectivity index (χ0) is 28.1. The predicted octanol–water partition coefficient (Wildman–Crippen LogP) is 6.46. The second-order valence-electron chi connectivity index (χ2n) is 9.45. The highest BCUT2D eigenvalue weighted by Gasteiger charge is 2.30. The maximum atomic E-state index is 12.7. The first-order valence-corrected chi connectivity index (χ1v) is 13.2. The number of aliphatic carboxylic acids is 1. The maximum Gasteiger partial charge on any atom is 0.407 e. The van der Waals surface area contributed by atoms with E-state index in [1.54, 1.807) is 43.5 Å². The zero-order valence-electron chi connectivity index (χ0n) is 21.8. The topological polar surface area (TPSA) is 94.1 Å². The molecule has 1 unspecified atom stereocenters. The minimum atomic E-state index is -1.19. The summed E-state index contributed by atoms with van der Waals surface area (Å²) in [5.74, 6) is -0.0409. The second-order valence-corrected chi connectivity index (χ2v) is 9.89. The van der Waals surface area contributed by atoms with Crippen LogP contribution in [0.1, 0.15) is 28.2 Å².